The molecule has 68 valence electrons. The molecule has 0 aromatic heterocycles. The van der Waals surface area contributed by atoms with E-state index in [9.17, 15) is 0 Å². The van der Waals surface area contributed by atoms with Crippen molar-refractivity contribution >= 4 is 22.5 Å². The van der Waals surface area contributed by atoms with Crippen molar-refractivity contribution in [3.05, 3.63) is 16.0 Å². The molecule has 4 heteroatoms. The molecule has 0 unspecified atom stereocenters. The van der Waals surface area contributed by atoms with Gasteiger partial charge in [-0.3, -0.25) is 0 Å². The second-order valence-electron chi connectivity index (χ2n) is 1.34. The van der Waals surface area contributed by atoms with E-state index in [0.29, 0.717) is 0 Å². The fourth-order valence-corrected chi connectivity index (χ4v) is 0. The van der Waals surface area contributed by atoms with Crippen LogP contribution in [0.4, 0.5) is 0 Å². The Labute approximate surface area is 85.8 Å². The normalized spacial score (nSPS) is 5.55. The van der Waals surface area contributed by atoms with E-state index in [-0.39, 0.29) is 0 Å². The van der Waals surface area contributed by atoms with Gasteiger partial charge in [-0.05, 0) is 0 Å². The Balaban J connectivity index is -0.0000000301. The molecular weight excluding hydrogens is 245 g/mol. The number of hydrogen-bond acceptors (Lipinski definition) is 0. The predicted octanol–water partition coefficient (Wildman–Crippen LogP) is 2.06. The van der Waals surface area contributed by atoms with Gasteiger partial charge in [0.1, 0.15) is 0 Å². The van der Waals surface area contributed by atoms with Crippen molar-refractivity contribution in [1.82, 2.24) is 0 Å². The molecule has 0 heterocycles. The van der Waals surface area contributed by atoms with Crippen molar-refractivity contribution < 1.29 is 0 Å². The third-order valence-electron chi connectivity index (χ3n) is 0. The molecule has 0 fully saturated rings. The van der Waals surface area contributed by atoms with E-state index < -0.39 is 0 Å². The van der Waals surface area contributed by atoms with E-state index in [4.69, 9.17) is 0 Å². The zero-order valence-electron chi connectivity index (χ0n) is 8.84. The van der Waals surface area contributed by atoms with Crippen LogP contribution >= 0.6 is 0 Å². The summed E-state index contributed by atoms with van der Waals surface area (Å²) in [6.45, 7) is 0. The van der Waals surface area contributed by atoms with Crippen molar-refractivity contribution in [2.45, 2.75) is 4.94 Å². The van der Waals surface area contributed by atoms with Crippen molar-refractivity contribution in [2.75, 3.05) is 42.3 Å². The molecule has 0 atom stereocenters. The topological polar surface area (TPSA) is 42.3 Å². The molecular formula is C7H21N3Sn. The van der Waals surface area contributed by atoms with Crippen LogP contribution in [0, 0.1) is 0 Å². The van der Waals surface area contributed by atoms with Crippen LogP contribution in [0.25, 0.3) is 16.0 Å². The van der Waals surface area contributed by atoms with Gasteiger partial charge < -0.3 is 16.0 Å². The van der Waals surface area contributed by atoms with Crippen LogP contribution in [0.5, 0.6) is 0 Å². The van der Waals surface area contributed by atoms with Gasteiger partial charge in [-0.15, -0.1) is 0 Å². The van der Waals surface area contributed by atoms with Crippen LogP contribution in [0.15, 0.2) is 0 Å². The first-order valence-electron chi connectivity index (χ1n) is 3.18. The first kappa shape index (κ1) is 22.6. The molecule has 0 bridgehead atoms. The van der Waals surface area contributed by atoms with E-state index >= 15 is 0 Å². The van der Waals surface area contributed by atoms with Crippen molar-refractivity contribution in [1.29, 1.82) is 0 Å². The molecule has 0 spiro atoms. The summed E-state index contributed by atoms with van der Waals surface area (Å²) in [5, 5.41) is 10.5. The Bertz CT molecular complexity index is 18.4. The van der Waals surface area contributed by atoms with E-state index in [2.05, 4.69) is 20.9 Å². The molecule has 11 heavy (non-hydrogen) atoms. The maximum atomic E-state index is 3.50. The van der Waals surface area contributed by atoms with Gasteiger partial charge in [0.25, 0.3) is 0 Å². The number of nitrogens with zero attached hydrogens (tertiary/aromatic N) is 3. The first-order valence-corrected chi connectivity index (χ1v) is 6.04. The average Bonchev–Trinajstić information content (AvgIpc) is 1.96. The second kappa shape index (κ2) is 73.9. The molecule has 0 aliphatic heterocycles. The molecule has 0 saturated carbocycles. The Morgan fingerprint density at radius 3 is 0.545 bits per heavy atom. The molecule has 0 aliphatic rings. The molecule has 0 aromatic carbocycles. The second-order valence-corrected chi connectivity index (χ2v) is 1.34. The summed E-state index contributed by atoms with van der Waals surface area (Å²) in [6, 6.07) is 0. The average molecular weight is 266 g/mol. The predicted molar refractivity (Wildman–Crippen MR) is 57.2 cm³/mol. The fraction of sp³-hybridized carbons (Fsp3) is 1.00. The summed E-state index contributed by atoms with van der Waals surface area (Å²) in [5.41, 5.74) is 0. The van der Waals surface area contributed by atoms with Crippen LogP contribution in [-0.2, 0) is 0 Å². The quantitative estimate of drug-likeness (QED) is 0.602. The minimum absolute atomic E-state index is 1.55. The number of hydrogen-bond donors (Lipinski definition) is 0. The zero-order valence-corrected chi connectivity index (χ0v) is 11.7. The van der Waals surface area contributed by atoms with Crippen molar-refractivity contribution in [2.24, 2.45) is 0 Å². The molecule has 0 N–H and O–H groups in total. The van der Waals surface area contributed by atoms with Gasteiger partial charge in [-0.1, -0.05) is 0 Å². The van der Waals surface area contributed by atoms with E-state index in [0.717, 1.165) is 0 Å². The van der Waals surface area contributed by atoms with Crippen LogP contribution < -0.4 is 0 Å². The van der Waals surface area contributed by atoms with Gasteiger partial charge in [-0.25, -0.2) is 0 Å². The molecule has 0 radical (unpaired) electrons. The summed E-state index contributed by atoms with van der Waals surface area (Å²) in [6.07, 6.45) is 0. The van der Waals surface area contributed by atoms with Gasteiger partial charge in [-0.2, -0.15) is 42.3 Å². The molecule has 0 amide bonds. The third kappa shape index (κ3) is 1750. The monoisotopic (exact) mass is 267 g/mol. The Morgan fingerprint density at radius 2 is 0.545 bits per heavy atom. The Hall–Kier alpha value is 0.679. The van der Waals surface area contributed by atoms with Gasteiger partial charge in [0.2, 0.25) is 0 Å². The molecule has 0 aromatic rings. The van der Waals surface area contributed by atoms with E-state index in [1.54, 1.807) is 64.8 Å². The number of rotatable bonds is 0. The molecule has 0 aliphatic carbocycles. The van der Waals surface area contributed by atoms with Gasteiger partial charge >= 0.3 is 27.5 Å². The van der Waals surface area contributed by atoms with Gasteiger partial charge in [0.15, 0.2) is 0 Å². The first-order chi connectivity index (χ1) is 5.24. The van der Waals surface area contributed by atoms with Crippen molar-refractivity contribution in [3.63, 3.8) is 0 Å². The van der Waals surface area contributed by atoms with Crippen LogP contribution in [0.2, 0.25) is 4.94 Å². The van der Waals surface area contributed by atoms with E-state index in [1.165, 1.54) is 0 Å². The Kier molecular flexibility index (Phi) is 152. The van der Waals surface area contributed by atoms with Crippen LogP contribution in [0.1, 0.15) is 0 Å². The van der Waals surface area contributed by atoms with Crippen molar-refractivity contribution in [3.8, 4) is 0 Å². The molecule has 0 saturated heterocycles. The van der Waals surface area contributed by atoms with Crippen LogP contribution in [0.3, 0.4) is 0 Å². The summed E-state index contributed by atoms with van der Waals surface area (Å²) < 4.78 is 0. The molecule has 3 nitrogen and oxygen atoms in total. The van der Waals surface area contributed by atoms with E-state index in [1.807, 2.05) is 0 Å². The summed E-state index contributed by atoms with van der Waals surface area (Å²) in [7, 11) is 10.5. The fourth-order valence-electron chi connectivity index (χ4n) is 0. The molecule has 0 rings (SSSR count). The summed E-state index contributed by atoms with van der Waals surface area (Å²) >= 11 is 1.55. The third-order valence-corrected chi connectivity index (χ3v) is 0. The van der Waals surface area contributed by atoms with Gasteiger partial charge in [0, 0.05) is 0 Å². The minimum atomic E-state index is 1.55. The SMILES string of the molecule is C[N-]C.C[N-]C.C[N-]C.[CH3][Sn+3]. The standard InChI is InChI=1S/3C2H6N.CH3.Sn/c3*1-3-2;;/h3*1-2H3;1H3;/q3*-1;;+3. The summed E-state index contributed by atoms with van der Waals surface area (Å²) in [4.78, 5) is 2.09. The zero-order chi connectivity index (χ0) is 10.1. The Morgan fingerprint density at radius 1 is 0.545 bits per heavy atom. The van der Waals surface area contributed by atoms with Crippen LogP contribution in [-0.4, -0.2) is 64.8 Å². The summed E-state index contributed by atoms with van der Waals surface area (Å²) in [5.74, 6) is 0. The maximum absolute atomic E-state index is 3.50. The van der Waals surface area contributed by atoms with Gasteiger partial charge in [0.05, 0.1) is 0 Å².